The van der Waals surface area contributed by atoms with Crippen molar-refractivity contribution in [2.75, 3.05) is 23.4 Å². The molecule has 0 radical (unpaired) electrons. The quantitative estimate of drug-likeness (QED) is 0.502. The highest BCUT2D eigenvalue weighted by atomic mass is 32.2. The summed E-state index contributed by atoms with van der Waals surface area (Å²) in [5.74, 6) is 1.31. The van der Waals surface area contributed by atoms with Crippen molar-refractivity contribution >= 4 is 29.1 Å². The minimum absolute atomic E-state index is 0.0932. The maximum Gasteiger partial charge on any atom is 0.446 e. The molecular weight excluding hydrogens is 437 g/mol. The second-order valence-electron chi connectivity index (χ2n) is 8.16. The molecule has 1 aromatic carbocycles. The van der Waals surface area contributed by atoms with Gasteiger partial charge in [-0.3, -0.25) is 9.88 Å². The van der Waals surface area contributed by atoms with Crippen molar-refractivity contribution in [1.82, 2.24) is 19.9 Å². The Labute approximate surface area is 188 Å². The van der Waals surface area contributed by atoms with Crippen molar-refractivity contribution in [3.05, 3.63) is 66.7 Å². The Morgan fingerprint density at radius 2 is 1.78 bits per heavy atom. The van der Waals surface area contributed by atoms with Crippen LogP contribution in [0, 0.1) is 0 Å². The van der Waals surface area contributed by atoms with Crippen LogP contribution < -0.4 is 10.2 Å². The van der Waals surface area contributed by atoms with Gasteiger partial charge in [0.25, 0.3) is 0 Å². The SMILES string of the molecule is CC1(C)CN(c2ccc(SC(F)(F)F)cc2)CN1Cc1ccnc(Nc2cnccn2)c1. The van der Waals surface area contributed by atoms with E-state index in [1.165, 1.54) is 12.1 Å². The molecule has 1 aliphatic rings. The molecule has 0 bridgehead atoms. The van der Waals surface area contributed by atoms with E-state index in [4.69, 9.17) is 0 Å². The molecule has 1 saturated heterocycles. The Bertz CT molecular complexity index is 1040. The minimum atomic E-state index is -4.28. The number of nitrogens with one attached hydrogen (secondary N) is 1. The van der Waals surface area contributed by atoms with Gasteiger partial charge in [-0.25, -0.2) is 9.97 Å². The molecule has 0 unspecified atom stereocenters. The molecule has 1 fully saturated rings. The maximum atomic E-state index is 12.6. The number of thioether (sulfide) groups is 1. The molecule has 0 amide bonds. The molecule has 0 spiro atoms. The second kappa shape index (κ2) is 8.95. The number of hydrogen-bond acceptors (Lipinski definition) is 7. The van der Waals surface area contributed by atoms with E-state index in [9.17, 15) is 13.2 Å². The normalized spacial score (nSPS) is 16.3. The fraction of sp³-hybridized carbons (Fsp3) is 0.318. The summed E-state index contributed by atoms with van der Waals surface area (Å²) in [6.07, 6.45) is 6.61. The number of benzene rings is 1. The molecule has 1 aliphatic heterocycles. The van der Waals surface area contributed by atoms with Crippen molar-refractivity contribution in [1.29, 1.82) is 0 Å². The molecule has 6 nitrogen and oxygen atoms in total. The molecule has 3 aromatic rings. The molecule has 2 aromatic heterocycles. The Morgan fingerprint density at radius 3 is 2.47 bits per heavy atom. The molecule has 4 rings (SSSR count). The summed E-state index contributed by atoms with van der Waals surface area (Å²) < 4.78 is 37.8. The number of hydrogen-bond donors (Lipinski definition) is 1. The van der Waals surface area contributed by atoms with Gasteiger partial charge in [-0.15, -0.1) is 0 Å². The number of rotatable bonds is 6. The summed E-state index contributed by atoms with van der Waals surface area (Å²) in [5, 5.41) is 3.15. The maximum absolute atomic E-state index is 12.6. The molecule has 32 heavy (non-hydrogen) atoms. The lowest BCUT2D eigenvalue weighted by atomic mass is 10.0. The number of halogens is 3. The second-order valence-corrected chi connectivity index (χ2v) is 9.29. The highest BCUT2D eigenvalue weighted by molar-refractivity contribution is 8.00. The van der Waals surface area contributed by atoms with E-state index < -0.39 is 5.51 Å². The summed E-state index contributed by atoms with van der Waals surface area (Å²) in [6.45, 7) is 6.49. The van der Waals surface area contributed by atoms with Gasteiger partial charge in [0.2, 0.25) is 0 Å². The average molecular weight is 461 g/mol. The molecule has 3 heterocycles. The smallest absolute Gasteiger partial charge is 0.357 e. The van der Waals surface area contributed by atoms with Crippen LogP contribution in [0.1, 0.15) is 19.4 Å². The number of pyridine rings is 1. The highest BCUT2D eigenvalue weighted by Crippen LogP contribution is 2.38. The van der Waals surface area contributed by atoms with Gasteiger partial charge in [0.05, 0.1) is 12.9 Å². The zero-order valence-electron chi connectivity index (χ0n) is 17.7. The first-order valence-electron chi connectivity index (χ1n) is 10.0. The van der Waals surface area contributed by atoms with Crippen molar-refractivity contribution in [3.63, 3.8) is 0 Å². The largest absolute Gasteiger partial charge is 0.446 e. The van der Waals surface area contributed by atoms with Gasteiger partial charge in [0.15, 0.2) is 0 Å². The van der Waals surface area contributed by atoms with Crippen LogP contribution in [0.3, 0.4) is 0 Å². The van der Waals surface area contributed by atoms with Gasteiger partial charge < -0.3 is 10.2 Å². The van der Waals surface area contributed by atoms with Crippen molar-refractivity contribution in [2.24, 2.45) is 0 Å². The van der Waals surface area contributed by atoms with E-state index in [1.54, 1.807) is 36.9 Å². The Kier molecular flexibility index (Phi) is 6.25. The van der Waals surface area contributed by atoms with E-state index >= 15 is 0 Å². The van der Waals surface area contributed by atoms with Crippen LogP contribution in [0.5, 0.6) is 0 Å². The van der Waals surface area contributed by atoms with Crippen LogP contribution in [0.2, 0.25) is 0 Å². The number of aromatic nitrogens is 3. The van der Waals surface area contributed by atoms with Crippen molar-refractivity contribution < 1.29 is 13.2 Å². The van der Waals surface area contributed by atoms with Crippen LogP contribution in [0.25, 0.3) is 0 Å². The number of anilines is 3. The molecule has 0 saturated carbocycles. The standard InChI is InChI=1S/C22H23F3N6S/c1-21(2)14-30(17-3-5-18(6-4-17)32-22(23,24)25)15-31(21)13-16-7-8-27-19(11-16)29-20-12-26-9-10-28-20/h3-12H,13-15H2,1-2H3,(H,27,28,29). The van der Waals surface area contributed by atoms with Gasteiger partial charge in [0, 0.05) is 47.8 Å². The number of nitrogens with zero attached hydrogens (tertiary/aromatic N) is 5. The van der Waals surface area contributed by atoms with Crippen LogP contribution in [0.15, 0.2) is 66.1 Å². The third-order valence-electron chi connectivity index (χ3n) is 5.23. The topological polar surface area (TPSA) is 57.2 Å². The zero-order chi connectivity index (χ0) is 22.8. The van der Waals surface area contributed by atoms with Gasteiger partial charge in [0.1, 0.15) is 11.6 Å². The van der Waals surface area contributed by atoms with Gasteiger partial charge in [-0.05, 0) is 67.6 Å². The summed E-state index contributed by atoms with van der Waals surface area (Å²) in [4.78, 5) is 17.3. The summed E-state index contributed by atoms with van der Waals surface area (Å²) in [6, 6.07) is 10.5. The lowest BCUT2D eigenvalue weighted by molar-refractivity contribution is -0.0328. The lowest BCUT2D eigenvalue weighted by Crippen LogP contribution is -2.39. The van der Waals surface area contributed by atoms with E-state index in [0.29, 0.717) is 24.8 Å². The molecule has 168 valence electrons. The first kappa shape index (κ1) is 22.3. The first-order valence-corrected chi connectivity index (χ1v) is 10.8. The Balaban J connectivity index is 1.43. The van der Waals surface area contributed by atoms with Crippen LogP contribution in [0.4, 0.5) is 30.5 Å². The van der Waals surface area contributed by atoms with Crippen LogP contribution in [-0.2, 0) is 6.54 Å². The molecule has 1 N–H and O–H groups in total. The van der Waals surface area contributed by atoms with Gasteiger partial charge >= 0.3 is 5.51 Å². The number of alkyl halides is 3. The predicted octanol–water partition coefficient (Wildman–Crippen LogP) is 5.29. The van der Waals surface area contributed by atoms with Crippen LogP contribution in [-0.4, -0.2) is 44.1 Å². The predicted molar refractivity (Wildman–Crippen MR) is 120 cm³/mol. The van der Waals surface area contributed by atoms with Gasteiger partial charge in [-0.2, -0.15) is 13.2 Å². The third-order valence-corrected chi connectivity index (χ3v) is 5.97. The van der Waals surface area contributed by atoms with E-state index in [1.807, 2.05) is 12.1 Å². The van der Waals surface area contributed by atoms with E-state index in [2.05, 4.69) is 43.9 Å². The summed E-state index contributed by atoms with van der Waals surface area (Å²) in [7, 11) is 0. The summed E-state index contributed by atoms with van der Waals surface area (Å²) in [5.41, 5.74) is -2.38. The lowest BCUT2D eigenvalue weighted by Gasteiger charge is -2.29. The monoisotopic (exact) mass is 460 g/mol. The fourth-order valence-electron chi connectivity index (χ4n) is 3.67. The molecule has 0 atom stereocenters. The van der Waals surface area contributed by atoms with Crippen molar-refractivity contribution in [2.45, 2.75) is 36.3 Å². The van der Waals surface area contributed by atoms with E-state index in [0.717, 1.165) is 17.8 Å². The minimum Gasteiger partial charge on any atom is -0.357 e. The third kappa shape index (κ3) is 5.68. The average Bonchev–Trinajstić information content (AvgIpc) is 3.02. The fourth-order valence-corrected chi connectivity index (χ4v) is 4.21. The highest BCUT2D eigenvalue weighted by Gasteiger charge is 2.37. The molecule has 10 heteroatoms. The summed E-state index contributed by atoms with van der Waals surface area (Å²) >= 11 is -0.0932. The first-order chi connectivity index (χ1) is 15.2. The van der Waals surface area contributed by atoms with Crippen LogP contribution >= 0.6 is 11.8 Å². The Hall–Kier alpha value is -2.85. The zero-order valence-corrected chi connectivity index (χ0v) is 18.5. The Morgan fingerprint density at radius 1 is 1.03 bits per heavy atom. The molecule has 0 aliphatic carbocycles. The van der Waals surface area contributed by atoms with E-state index in [-0.39, 0.29) is 22.2 Å². The molecular formula is C22H23F3N6S. The van der Waals surface area contributed by atoms with Gasteiger partial charge in [-0.1, -0.05) is 0 Å². The van der Waals surface area contributed by atoms with Crippen molar-refractivity contribution in [3.8, 4) is 0 Å².